The van der Waals surface area contributed by atoms with Gasteiger partial charge < -0.3 is 30.4 Å². The number of carbonyl (C=O) groups is 1. The van der Waals surface area contributed by atoms with Gasteiger partial charge in [0.15, 0.2) is 6.29 Å². The van der Waals surface area contributed by atoms with Crippen molar-refractivity contribution in [1.29, 1.82) is 0 Å². The zero-order chi connectivity index (χ0) is 28.1. The van der Waals surface area contributed by atoms with Crippen LogP contribution < -0.4 is 11.1 Å². The lowest BCUT2D eigenvalue weighted by Gasteiger charge is -2.31. The third-order valence-electron chi connectivity index (χ3n) is 7.64. The summed E-state index contributed by atoms with van der Waals surface area (Å²) in [6, 6.07) is 14.4. The molecular weight excluding hydrogens is 538 g/mol. The van der Waals surface area contributed by atoms with E-state index >= 15 is 0 Å². The number of fused-ring (bicyclic) bond motifs is 1. The Kier molecular flexibility index (Phi) is 9.24. The van der Waals surface area contributed by atoms with Crippen molar-refractivity contribution in [3.8, 4) is 0 Å². The zero-order valence-corrected chi connectivity index (χ0v) is 23.1. The first-order valence-corrected chi connectivity index (χ1v) is 15.2. The molecule has 40 heavy (non-hydrogen) atoms. The molecule has 2 heterocycles. The largest absolute Gasteiger partial charge is 0.443 e. The fraction of sp³-hybridized carbons (Fsp3) is 0.536. The third kappa shape index (κ3) is 6.93. The zero-order valence-electron chi connectivity index (χ0n) is 22.3. The number of hydrogen-bond acceptors (Lipinski definition) is 9. The first-order valence-electron chi connectivity index (χ1n) is 13.8. The summed E-state index contributed by atoms with van der Waals surface area (Å²) >= 11 is 0. The quantitative estimate of drug-likeness (QED) is 0.271. The van der Waals surface area contributed by atoms with Crippen LogP contribution in [-0.4, -0.2) is 74.5 Å². The van der Waals surface area contributed by atoms with Gasteiger partial charge in [0.05, 0.1) is 48.8 Å². The molecule has 218 valence electrons. The number of nitrogens with one attached hydrogen (secondary N) is 1. The fourth-order valence-corrected chi connectivity index (χ4v) is 6.81. The molecule has 12 heteroatoms. The Bertz CT molecular complexity index is 1240. The second-order valence-electron chi connectivity index (χ2n) is 10.6. The number of nitrogens with zero attached hydrogens (tertiary/aromatic N) is 1. The maximum Gasteiger partial charge on any atom is 0.407 e. The fourth-order valence-electron chi connectivity index (χ4n) is 5.45. The molecule has 2 aliphatic heterocycles. The molecular formula is C28H37N3O8S. The minimum Gasteiger partial charge on any atom is -0.443 e. The van der Waals surface area contributed by atoms with Crippen molar-refractivity contribution in [3.63, 3.8) is 0 Å². The minimum absolute atomic E-state index is 0.0398. The van der Waals surface area contributed by atoms with E-state index in [4.69, 9.17) is 24.8 Å². The normalized spacial score (nSPS) is 24.6. The molecule has 2 aromatic rings. The lowest BCUT2D eigenvalue weighted by Crippen LogP contribution is -2.51. The van der Waals surface area contributed by atoms with Crippen molar-refractivity contribution in [2.45, 2.75) is 74.1 Å². The molecule has 2 saturated heterocycles. The molecule has 0 radical (unpaired) electrons. The average Bonchev–Trinajstić information content (AvgIpc) is 3.69. The number of hydrogen-bond donors (Lipinski definition) is 3. The van der Waals surface area contributed by atoms with E-state index in [1.807, 2.05) is 30.3 Å². The van der Waals surface area contributed by atoms with Crippen molar-refractivity contribution in [2.75, 3.05) is 25.5 Å². The van der Waals surface area contributed by atoms with E-state index in [1.54, 1.807) is 12.1 Å². The number of aliphatic hydroxyl groups is 1. The number of ether oxygens (including phenoxy) is 3. The minimum atomic E-state index is -4.17. The van der Waals surface area contributed by atoms with E-state index in [9.17, 15) is 18.3 Å². The van der Waals surface area contributed by atoms with Crippen molar-refractivity contribution in [2.24, 2.45) is 5.92 Å². The average molecular weight is 576 g/mol. The maximum atomic E-state index is 13.6. The Morgan fingerprint density at radius 1 is 1.10 bits per heavy atom. The van der Waals surface area contributed by atoms with Crippen LogP contribution in [0, 0.1) is 5.92 Å². The molecule has 11 nitrogen and oxygen atoms in total. The predicted octanol–water partition coefficient (Wildman–Crippen LogP) is 2.59. The summed E-state index contributed by atoms with van der Waals surface area (Å²) in [5.41, 5.74) is 7.00. The van der Waals surface area contributed by atoms with Gasteiger partial charge in [0.1, 0.15) is 6.10 Å². The van der Waals surface area contributed by atoms with Crippen LogP contribution in [0.5, 0.6) is 0 Å². The molecule has 2 aromatic carbocycles. The molecule has 5 rings (SSSR count). The highest BCUT2D eigenvalue weighted by molar-refractivity contribution is 7.89. The standard InChI is InChI=1S/C28H37N3O8S/c29-20-9-6-12-22(16-20)40(34,35)31(39-21-10-4-5-11-21)17-25(32)24(15-19-7-2-1-3-8-19)30-28(33)38-26-18-37-27-23(26)13-14-36-27/h1-3,6-9,12,16,21,23-27,32H,4-5,10-11,13-15,17-18,29H2,(H,30,33)/t23-,24-,25-,26-,27+/m0/s1. The summed E-state index contributed by atoms with van der Waals surface area (Å²) in [6.07, 6.45) is 1.08. The van der Waals surface area contributed by atoms with Crippen LogP contribution in [0.2, 0.25) is 0 Å². The van der Waals surface area contributed by atoms with Gasteiger partial charge in [-0.1, -0.05) is 53.7 Å². The van der Waals surface area contributed by atoms with Gasteiger partial charge in [-0.05, 0) is 49.4 Å². The SMILES string of the molecule is Nc1cccc(S(=O)(=O)N(C[C@H](O)[C@H](Cc2ccccc2)NC(=O)O[C@H]2CO[C@H]3OCC[C@H]32)OC2CCCC2)c1. The van der Waals surface area contributed by atoms with Crippen LogP contribution in [0.25, 0.3) is 0 Å². The van der Waals surface area contributed by atoms with E-state index in [1.165, 1.54) is 12.1 Å². The van der Waals surface area contributed by atoms with Crippen LogP contribution in [-0.2, 0) is 35.5 Å². The highest BCUT2D eigenvalue weighted by atomic mass is 32.2. The molecule has 5 atom stereocenters. The first-order chi connectivity index (χ1) is 19.3. The summed E-state index contributed by atoms with van der Waals surface area (Å²) in [7, 11) is -4.17. The summed E-state index contributed by atoms with van der Waals surface area (Å²) in [5, 5.41) is 14.2. The van der Waals surface area contributed by atoms with E-state index in [-0.39, 0.29) is 36.2 Å². The second-order valence-corrected chi connectivity index (χ2v) is 12.4. The molecule has 1 saturated carbocycles. The van der Waals surface area contributed by atoms with Gasteiger partial charge in [-0.2, -0.15) is 0 Å². The second kappa shape index (κ2) is 12.8. The van der Waals surface area contributed by atoms with Crippen molar-refractivity contribution < 1.29 is 37.4 Å². The predicted molar refractivity (Wildman–Crippen MR) is 145 cm³/mol. The van der Waals surface area contributed by atoms with E-state index < -0.39 is 40.9 Å². The maximum absolute atomic E-state index is 13.6. The molecule has 3 aliphatic rings. The topological polar surface area (TPSA) is 150 Å². The number of benzene rings is 2. The Balaban J connectivity index is 1.34. The number of hydroxylamine groups is 1. The number of anilines is 1. The number of carbonyl (C=O) groups excluding carboxylic acids is 1. The van der Waals surface area contributed by atoms with Gasteiger partial charge in [0.2, 0.25) is 0 Å². The molecule has 4 N–H and O–H groups in total. The monoisotopic (exact) mass is 575 g/mol. The summed E-state index contributed by atoms with van der Waals surface area (Å²) in [4.78, 5) is 18.9. The van der Waals surface area contributed by atoms with Crippen LogP contribution >= 0.6 is 0 Å². The Morgan fingerprint density at radius 3 is 2.62 bits per heavy atom. The number of nitrogen functional groups attached to an aromatic ring is 1. The Labute approximate surface area is 234 Å². The summed E-state index contributed by atoms with van der Waals surface area (Å²) < 4.78 is 44.9. The summed E-state index contributed by atoms with van der Waals surface area (Å²) in [6.45, 7) is 0.372. The van der Waals surface area contributed by atoms with Crippen LogP contribution in [0.1, 0.15) is 37.7 Å². The van der Waals surface area contributed by atoms with Crippen LogP contribution in [0.15, 0.2) is 59.5 Å². The van der Waals surface area contributed by atoms with Gasteiger partial charge >= 0.3 is 6.09 Å². The lowest BCUT2D eigenvalue weighted by molar-refractivity contribution is -0.145. The summed E-state index contributed by atoms with van der Waals surface area (Å²) in [5.74, 6) is -0.0398. The van der Waals surface area contributed by atoms with E-state index in [0.717, 1.165) is 29.3 Å². The third-order valence-corrected chi connectivity index (χ3v) is 9.26. The van der Waals surface area contributed by atoms with Gasteiger partial charge in [0.25, 0.3) is 10.0 Å². The highest BCUT2D eigenvalue weighted by Crippen LogP contribution is 2.33. The van der Waals surface area contributed by atoms with Gasteiger partial charge in [0, 0.05) is 5.69 Å². The number of sulfonamides is 1. The molecule has 0 aromatic heterocycles. The van der Waals surface area contributed by atoms with E-state index in [0.29, 0.717) is 25.1 Å². The van der Waals surface area contributed by atoms with Gasteiger partial charge in [-0.25, -0.2) is 13.2 Å². The first kappa shape index (κ1) is 28.8. The molecule has 1 amide bonds. The smallest absolute Gasteiger partial charge is 0.407 e. The number of nitrogens with two attached hydrogens (primary N) is 1. The van der Waals surface area contributed by atoms with Gasteiger partial charge in [-0.15, -0.1) is 0 Å². The number of alkyl carbamates (subject to hydrolysis) is 1. The molecule has 1 aliphatic carbocycles. The molecule has 3 fully saturated rings. The Hall–Kier alpha value is -2.74. The number of rotatable bonds is 11. The molecule has 0 bridgehead atoms. The van der Waals surface area contributed by atoms with Crippen molar-refractivity contribution in [1.82, 2.24) is 9.79 Å². The van der Waals surface area contributed by atoms with Crippen molar-refractivity contribution >= 4 is 21.8 Å². The Morgan fingerprint density at radius 2 is 1.88 bits per heavy atom. The lowest BCUT2D eigenvalue weighted by atomic mass is 10.0. The van der Waals surface area contributed by atoms with Crippen LogP contribution in [0.3, 0.4) is 0 Å². The van der Waals surface area contributed by atoms with Crippen molar-refractivity contribution in [3.05, 3.63) is 60.2 Å². The highest BCUT2D eigenvalue weighted by Gasteiger charge is 2.44. The van der Waals surface area contributed by atoms with Gasteiger partial charge in [-0.3, -0.25) is 4.84 Å². The number of amides is 1. The van der Waals surface area contributed by atoms with Crippen LogP contribution in [0.4, 0.5) is 10.5 Å². The molecule has 0 spiro atoms. The number of aliphatic hydroxyl groups excluding tert-OH is 1. The van der Waals surface area contributed by atoms with E-state index in [2.05, 4.69) is 5.32 Å². The molecule has 0 unspecified atom stereocenters.